The average molecular weight is 379 g/mol. The van der Waals surface area contributed by atoms with Gasteiger partial charge in [-0.2, -0.15) is 4.72 Å². The number of aryl methyl sites for hydroxylation is 1. The minimum Gasteiger partial charge on any atom is -0.480 e. The zero-order valence-electron chi connectivity index (χ0n) is 11.6. The molecule has 1 aromatic carbocycles. The third-order valence-corrected chi connectivity index (χ3v) is 4.91. The molecule has 0 aromatic heterocycles. The number of carboxylic acid groups (broad SMARTS) is 1. The molecule has 1 atom stereocenters. The van der Waals surface area contributed by atoms with E-state index in [1.165, 1.54) is 26.0 Å². The van der Waals surface area contributed by atoms with Crippen molar-refractivity contribution in [2.24, 2.45) is 0 Å². The Morgan fingerprint density at radius 1 is 1.33 bits per heavy atom. The van der Waals surface area contributed by atoms with Crippen molar-refractivity contribution in [2.45, 2.75) is 31.7 Å². The van der Waals surface area contributed by atoms with Crippen molar-refractivity contribution in [2.75, 3.05) is 5.32 Å². The largest absolute Gasteiger partial charge is 0.480 e. The zero-order valence-corrected chi connectivity index (χ0v) is 14.0. The topological polar surface area (TPSA) is 113 Å². The lowest BCUT2D eigenvalue weighted by Gasteiger charge is -2.14. The quantitative estimate of drug-likeness (QED) is 0.717. The van der Waals surface area contributed by atoms with Gasteiger partial charge in [-0.15, -0.1) is 0 Å². The number of amides is 1. The Labute approximate surface area is 130 Å². The van der Waals surface area contributed by atoms with Gasteiger partial charge < -0.3 is 10.4 Å². The van der Waals surface area contributed by atoms with Crippen molar-refractivity contribution < 1.29 is 23.1 Å². The van der Waals surface area contributed by atoms with Crippen LogP contribution in [-0.2, 0) is 19.6 Å². The molecule has 1 unspecified atom stereocenters. The smallest absolute Gasteiger partial charge is 0.321 e. The van der Waals surface area contributed by atoms with Crippen LogP contribution in [0.4, 0.5) is 5.69 Å². The second-order valence-electron chi connectivity index (χ2n) is 4.46. The summed E-state index contributed by atoms with van der Waals surface area (Å²) in [4.78, 5) is 21.7. The van der Waals surface area contributed by atoms with Crippen LogP contribution in [0.25, 0.3) is 0 Å². The van der Waals surface area contributed by atoms with Crippen LogP contribution in [-0.4, -0.2) is 31.4 Å². The summed E-state index contributed by atoms with van der Waals surface area (Å²) in [7, 11) is -3.98. The molecule has 0 fully saturated rings. The third-order valence-electron chi connectivity index (χ3n) is 2.57. The number of nitrogens with one attached hydrogen (secondary N) is 2. The summed E-state index contributed by atoms with van der Waals surface area (Å²) < 4.78 is 26.8. The summed E-state index contributed by atoms with van der Waals surface area (Å²) in [5, 5.41) is 11.3. The molecule has 0 heterocycles. The number of carbonyl (C=O) groups excluding carboxylic acids is 1. The van der Waals surface area contributed by atoms with Gasteiger partial charge in [0.1, 0.15) is 6.04 Å². The summed E-state index contributed by atoms with van der Waals surface area (Å²) in [5.74, 6) is -1.56. The first-order valence-electron chi connectivity index (χ1n) is 5.87. The summed E-state index contributed by atoms with van der Waals surface area (Å²) in [6, 6.07) is 1.56. The molecule has 1 aromatic rings. The van der Waals surface area contributed by atoms with Gasteiger partial charge in [-0.3, -0.25) is 9.59 Å². The molecule has 7 nitrogen and oxygen atoms in total. The maximum atomic E-state index is 12.2. The highest BCUT2D eigenvalue weighted by molar-refractivity contribution is 9.10. The molecule has 0 spiro atoms. The van der Waals surface area contributed by atoms with Crippen LogP contribution in [0.1, 0.15) is 19.4 Å². The van der Waals surface area contributed by atoms with Crippen molar-refractivity contribution in [3.63, 3.8) is 0 Å². The van der Waals surface area contributed by atoms with E-state index in [0.717, 1.165) is 0 Å². The molecule has 0 bridgehead atoms. The Hall–Kier alpha value is -1.45. The fourth-order valence-electron chi connectivity index (χ4n) is 1.58. The van der Waals surface area contributed by atoms with Gasteiger partial charge in [-0.1, -0.05) is 0 Å². The fraction of sp³-hybridized carbons (Fsp3) is 0.333. The summed E-state index contributed by atoms with van der Waals surface area (Å²) >= 11 is 3.17. The second kappa shape index (κ2) is 6.54. The molecule has 0 radical (unpaired) electrons. The number of carboxylic acids is 1. The monoisotopic (exact) mass is 378 g/mol. The van der Waals surface area contributed by atoms with E-state index in [1.807, 2.05) is 0 Å². The lowest BCUT2D eigenvalue weighted by atomic mass is 10.2. The number of sulfonamides is 1. The van der Waals surface area contributed by atoms with Gasteiger partial charge in [0.05, 0.1) is 10.6 Å². The van der Waals surface area contributed by atoms with Crippen molar-refractivity contribution in [1.82, 2.24) is 4.72 Å². The number of carbonyl (C=O) groups is 2. The SMILES string of the molecule is CC(=O)Nc1cc(C)c(S(=O)(=O)NC(C)C(=O)O)cc1Br. The van der Waals surface area contributed by atoms with Crippen LogP contribution in [0.5, 0.6) is 0 Å². The van der Waals surface area contributed by atoms with Crippen LogP contribution in [0, 0.1) is 6.92 Å². The van der Waals surface area contributed by atoms with E-state index in [0.29, 0.717) is 15.7 Å². The number of benzene rings is 1. The van der Waals surface area contributed by atoms with E-state index >= 15 is 0 Å². The molecule has 21 heavy (non-hydrogen) atoms. The Morgan fingerprint density at radius 3 is 2.38 bits per heavy atom. The van der Waals surface area contributed by atoms with Crippen molar-refractivity contribution >= 4 is 43.5 Å². The van der Waals surface area contributed by atoms with Crippen LogP contribution in [0.2, 0.25) is 0 Å². The second-order valence-corrected chi connectivity index (χ2v) is 7.00. The molecular weight excluding hydrogens is 364 g/mol. The average Bonchev–Trinajstić information content (AvgIpc) is 2.31. The Bertz CT molecular complexity index is 687. The number of anilines is 1. The van der Waals surface area contributed by atoms with Gasteiger partial charge >= 0.3 is 5.97 Å². The molecule has 3 N–H and O–H groups in total. The van der Waals surface area contributed by atoms with Gasteiger partial charge in [0, 0.05) is 11.4 Å². The van der Waals surface area contributed by atoms with Crippen LogP contribution >= 0.6 is 15.9 Å². The normalized spacial score (nSPS) is 12.8. The molecule has 0 aliphatic heterocycles. The van der Waals surface area contributed by atoms with Crippen LogP contribution in [0.15, 0.2) is 21.5 Å². The summed E-state index contributed by atoms with van der Waals surface area (Å²) in [6.45, 7) is 4.12. The van der Waals surface area contributed by atoms with Gasteiger partial charge in [0.15, 0.2) is 0 Å². The third kappa shape index (κ3) is 4.51. The standard InChI is InChI=1S/C12H15BrN2O5S/c1-6-4-10(14-8(3)16)9(13)5-11(6)21(19,20)15-7(2)12(17)18/h4-5,7,15H,1-3H3,(H,14,16)(H,17,18). The van der Waals surface area contributed by atoms with E-state index in [4.69, 9.17) is 5.11 Å². The highest BCUT2D eigenvalue weighted by Gasteiger charge is 2.24. The van der Waals surface area contributed by atoms with E-state index in [2.05, 4.69) is 26.0 Å². The van der Waals surface area contributed by atoms with E-state index in [9.17, 15) is 18.0 Å². The number of halogens is 1. The molecular formula is C12H15BrN2O5S. The Morgan fingerprint density at radius 2 is 1.90 bits per heavy atom. The first kappa shape index (κ1) is 17.6. The Kier molecular flexibility index (Phi) is 5.48. The maximum absolute atomic E-state index is 12.2. The molecule has 0 saturated carbocycles. The first-order valence-corrected chi connectivity index (χ1v) is 8.15. The van der Waals surface area contributed by atoms with E-state index < -0.39 is 22.0 Å². The van der Waals surface area contributed by atoms with Gasteiger partial charge in [-0.05, 0) is 47.5 Å². The molecule has 116 valence electrons. The molecule has 1 rings (SSSR count). The highest BCUT2D eigenvalue weighted by atomic mass is 79.9. The molecule has 1 amide bonds. The van der Waals surface area contributed by atoms with Gasteiger partial charge in [-0.25, -0.2) is 8.42 Å². The molecule has 9 heteroatoms. The van der Waals surface area contributed by atoms with E-state index in [-0.39, 0.29) is 10.8 Å². The lowest BCUT2D eigenvalue weighted by molar-refractivity contribution is -0.138. The number of aliphatic carboxylic acids is 1. The summed E-state index contributed by atoms with van der Waals surface area (Å²) in [6.07, 6.45) is 0. The summed E-state index contributed by atoms with van der Waals surface area (Å²) in [5.41, 5.74) is 0.817. The highest BCUT2D eigenvalue weighted by Crippen LogP contribution is 2.29. The molecule has 0 saturated heterocycles. The zero-order chi connectivity index (χ0) is 16.4. The van der Waals surface area contributed by atoms with Crippen molar-refractivity contribution in [3.8, 4) is 0 Å². The van der Waals surface area contributed by atoms with Crippen LogP contribution in [0.3, 0.4) is 0 Å². The van der Waals surface area contributed by atoms with E-state index in [1.54, 1.807) is 6.92 Å². The lowest BCUT2D eigenvalue weighted by Crippen LogP contribution is -2.38. The number of hydrogen-bond acceptors (Lipinski definition) is 4. The minimum atomic E-state index is -3.98. The maximum Gasteiger partial charge on any atom is 0.321 e. The number of hydrogen-bond donors (Lipinski definition) is 3. The fourth-order valence-corrected chi connectivity index (χ4v) is 3.63. The molecule has 0 aliphatic rings. The van der Waals surface area contributed by atoms with Gasteiger partial charge in [0.2, 0.25) is 15.9 Å². The minimum absolute atomic E-state index is 0.0587. The number of rotatable bonds is 5. The van der Waals surface area contributed by atoms with Crippen molar-refractivity contribution in [3.05, 3.63) is 22.2 Å². The van der Waals surface area contributed by atoms with Crippen molar-refractivity contribution in [1.29, 1.82) is 0 Å². The predicted molar refractivity (Wildman–Crippen MR) is 80.6 cm³/mol. The predicted octanol–water partition coefficient (Wildman–Crippen LogP) is 1.47. The van der Waals surface area contributed by atoms with Crippen LogP contribution < -0.4 is 10.0 Å². The Balaban J connectivity index is 3.22. The van der Waals surface area contributed by atoms with Gasteiger partial charge in [0.25, 0.3) is 0 Å². The molecule has 0 aliphatic carbocycles. The first-order chi connectivity index (χ1) is 9.54.